The maximum Gasteiger partial charge on any atom is 0.246 e. The van der Waals surface area contributed by atoms with E-state index in [9.17, 15) is 18.0 Å². The van der Waals surface area contributed by atoms with Crippen molar-refractivity contribution in [2.24, 2.45) is 5.92 Å². The van der Waals surface area contributed by atoms with Gasteiger partial charge in [0, 0.05) is 24.0 Å². The second-order valence-corrected chi connectivity index (χ2v) is 10.6. The number of piperidine rings is 1. The van der Waals surface area contributed by atoms with Crippen LogP contribution in [0.5, 0.6) is 0 Å². The van der Waals surface area contributed by atoms with Crippen molar-refractivity contribution in [1.82, 2.24) is 9.62 Å². The minimum atomic E-state index is -3.59. The predicted molar refractivity (Wildman–Crippen MR) is 125 cm³/mol. The second-order valence-electron chi connectivity index (χ2n) is 7.84. The molecular weight excluding hydrogens is 473 g/mol. The summed E-state index contributed by atoms with van der Waals surface area (Å²) in [6, 6.07) is 10.6. The first-order chi connectivity index (χ1) is 15.1. The first-order valence-corrected chi connectivity index (χ1v) is 12.4. The number of amides is 2. The van der Waals surface area contributed by atoms with Gasteiger partial charge in [-0.15, -0.1) is 0 Å². The average Bonchev–Trinajstić information content (AvgIpc) is 2.76. The maximum absolute atomic E-state index is 12.8. The van der Waals surface area contributed by atoms with Gasteiger partial charge in [-0.2, -0.15) is 4.31 Å². The van der Waals surface area contributed by atoms with E-state index in [4.69, 9.17) is 23.2 Å². The number of benzene rings is 2. The van der Waals surface area contributed by atoms with Crippen LogP contribution in [0.4, 0.5) is 5.69 Å². The summed E-state index contributed by atoms with van der Waals surface area (Å²) in [5.74, 6) is -1.06. The molecule has 2 aromatic carbocycles. The van der Waals surface area contributed by atoms with Crippen molar-refractivity contribution in [3.05, 3.63) is 58.1 Å². The Kier molecular flexibility index (Phi) is 7.82. The van der Waals surface area contributed by atoms with E-state index in [1.807, 2.05) is 6.92 Å². The summed E-state index contributed by atoms with van der Waals surface area (Å²) in [5.41, 5.74) is 1.38. The van der Waals surface area contributed by atoms with E-state index >= 15 is 0 Å². The molecule has 7 nitrogen and oxygen atoms in total. The SMILES string of the molecule is Cc1ccc(S(=O)(=O)N2CCC(C(=O)NC(C)C(=O)Nc3ccc(Cl)cc3Cl)CC2)cc1. The molecule has 1 saturated heterocycles. The number of nitrogens with zero attached hydrogens (tertiary/aromatic N) is 1. The van der Waals surface area contributed by atoms with Gasteiger partial charge in [-0.3, -0.25) is 9.59 Å². The molecule has 0 bridgehead atoms. The quantitative estimate of drug-likeness (QED) is 0.633. The molecule has 1 aliphatic rings. The lowest BCUT2D eigenvalue weighted by molar-refractivity contribution is -0.129. The molecule has 3 rings (SSSR count). The molecule has 1 heterocycles. The zero-order valence-electron chi connectivity index (χ0n) is 17.8. The number of halogens is 2. The van der Waals surface area contributed by atoms with Gasteiger partial charge in [-0.05, 0) is 57.0 Å². The summed E-state index contributed by atoms with van der Waals surface area (Å²) in [6.45, 7) is 3.96. The number of sulfonamides is 1. The van der Waals surface area contributed by atoms with E-state index in [0.29, 0.717) is 28.6 Å². The highest BCUT2D eigenvalue weighted by atomic mass is 35.5. The Morgan fingerprint density at radius 1 is 1.06 bits per heavy atom. The molecule has 2 N–H and O–H groups in total. The van der Waals surface area contributed by atoms with Crippen LogP contribution in [0.2, 0.25) is 10.0 Å². The van der Waals surface area contributed by atoms with Gasteiger partial charge in [0.05, 0.1) is 15.6 Å². The highest BCUT2D eigenvalue weighted by Crippen LogP contribution is 2.26. The van der Waals surface area contributed by atoms with Gasteiger partial charge in [-0.25, -0.2) is 8.42 Å². The molecule has 1 atom stereocenters. The van der Waals surface area contributed by atoms with Crippen LogP contribution in [-0.4, -0.2) is 43.7 Å². The van der Waals surface area contributed by atoms with Crippen LogP contribution in [0.3, 0.4) is 0 Å². The molecule has 2 aromatic rings. The number of carbonyl (C=O) groups excluding carboxylic acids is 2. The molecule has 0 aromatic heterocycles. The van der Waals surface area contributed by atoms with Gasteiger partial charge in [0.15, 0.2) is 0 Å². The van der Waals surface area contributed by atoms with Crippen LogP contribution >= 0.6 is 23.2 Å². The number of nitrogens with one attached hydrogen (secondary N) is 2. The van der Waals surface area contributed by atoms with E-state index in [2.05, 4.69) is 10.6 Å². The number of hydrogen-bond acceptors (Lipinski definition) is 4. The molecule has 1 unspecified atom stereocenters. The molecule has 0 spiro atoms. The fourth-order valence-corrected chi connectivity index (χ4v) is 5.37. The zero-order valence-corrected chi connectivity index (χ0v) is 20.1. The highest BCUT2D eigenvalue weighted by molar-refractivity contribution is 7.89. The lowest BCUT2D eigenvalue weighted by atomic mass is 9.97. The van der Waals surface area contributed by atoms with Gasteiger partial charge in [-0.1, -0.05) is 40.9 Å². The summed E-state index contributed by atoms with van der Waals surface area (Å²) in [7, 11) is -3.59. The fraction of sp³-hybridized carbons (Fsp3) is 0.364. The fourth-order valence-electron chi connectivity index (χ4n) is 3.45. The zero-order chi connectivity index (χ0) is 23.5. The van der Waals surface area contributed by atoms with Crippen molar-refractivity contribution in [3.63, 3.8) is 0 Å². The Balaban J connectivity index is 1.53. The van der Waals surface area contributed by atoms with Crippen LogP contribution < -0.4 is 10.6 Å². The third-order valence-electron chi connectivity index (χ3n) is 5.42. The second kappa shape index (κ2) is 10.2. The molecular formula is C22H25Cl2N3O4S. The Labute approximate surface area is 198 Å². The predicted octanol–water partition coefficient (Wildman–Crippen LogP) is 3.85. The number of rotatable bonds is 6. The smallest absolute Gasteiger partial charge is 0.246 e. The molecule has 0 radical (unpaired) electrons. The van der Waals surface area contributed by atoms with Gasteiger partial charge >= 0.3 is 0 Å². The van der Waals surface area contributed by atoms with E-state index < -0.39 is 22.0 Å². The van der Waals surface area contributed by atoms with Crippen molar-refractivity contribution < 1.29 is 18.0 Å². The maximum atomic E-state index is 12.8. The van der Waals surface area contributed by atoms with Crippen LogP contribution in [-0.2, 0) is 19.6 Å². The Morgan fingerprint density at radius 2 is 1.69 bits per heavy atom. The van der Waals surface area contributed by atoms with Crippen LogP contribution in [0.25, 0.3) is 0 Å². The van der Waals surface area contributed by atoms with Crippen LogP contribution in [0.15, 0.2) is 47.4 Å². The summed E-state index contributed by atoms with van der Waals surface area (Å²) < 4.78 is 27.0. The lowest BCUT2D eigenvalue weighted by Crippen LogP contribution is -2.47. The normalized spacial score (nSPS) is 16.4. The molecule has 0 saturated carbocycles. The number of anilines is 1. The van der Waals surface area contributed by atoms with Gasteiger partial charge in [0.2, 0.25) is 21.8 Å². The summed E-state index contributed by atoms with van der Waals surface area (Å²) >= 11 is 11.9. The molecule has 1 fully saturated rings. The third kappa shape index (κ3) is 5.81. The number of aryl methyl sites for hydroxylation is 1. The molecule has 0 aliphatic carbocycles. The molecule has 1 aliphatic heterocycles. The topological polar surface area (TPSA) is 95.6 Å². The summed E-state index contributed by atoms with van der Waals surface area (Å²) in [6.07, 6.45) is 0.766. The van der Waals surface area contributed by atoms with Gasteiger partial charge in [0.25, 0.3) is 0 Å². The van der Waals surface area contributed by atoms with Crippen LogP contribution in [0.1, 0.15) is 25.3 Å². The average molecular weight is 498 g/mol. The minimum Gasteiger partial charge on any atom is -0.344 e. The van der Waals surface area contributed by atoms with Crippen molar-refractivity contribution in [2.45, 2.75) is 37.6 Å². The first kappa shape index (κ1) is 24.5. The molecule has 32 heavy (non-hydrogen) atoms. The van der Waals surface area contributed by atoms with E-state index in [1.165, 1.54) is 10.4 Å². The highest BCUT2D eigenvalue weighted by Gasteiger charge is 2.33. The Bertz CT molecular complexity index is 1100. The minimum absolute atomic E-state index is 0.245. The van der Waals surface area contributed by atoms with Gasteiger partial charge < -0.3 is 10.6 Å². The Morgan fingerprint density at radius 3 is 2.28 bits per heavy atom. The monoisotopic (exact) mass is 497 g/mol. The van der Waals surface area contributed by atoms with Crippen molar-refractivity contribution in [1.29, 1.82) is 0 Å². The van der Waals surface area contributed by atoms with Gasteiger partial charge in [0.1, 0.15) is 6.04 Å². The largest absolute Gasteiger partial charge is 0.344 e. The van der Waals surface area contributed by atoms with E-state index in [0.717, 1.165) is 5.56 Å². The number of hydrogen-bond donors (Lipinski definition) is 2. The first-order valence-electron chi connectivity index (χ1n) is 10.2. The van der Waals surface area contributed by atoms with Crippen molar-refractivity contribution in [2.75, 3.05) is 18.4 Å². The molecule has 10 heteroatoms. The van der Waals surface area contributed by atoms with Crippen molar-refractivity contribution in [3.8, 4) is 0 Å². The van der Waals surface area contributed by atoms with Crippen LogP contribution in [0, 0.1) is 12.8 Å². The molecule has 172 valence electrons. The van der Waals surface area contributed by atoms with E-state index in [-0.39, 0.29) is 29.8 Å². The number of carbonyl (C=O) groups is 2. The third-order valence-corrected chi connectivity index (χ3v) is 7.89. The van der Waals surface area contributed by atoms with E-state index in [1.54, 1.807) is 43.3 Å². The molecule has 2 amide bonds. The Hall–Kier alpha value is -2.13. The summed E-state index contributed by atoms with van der Waals surface area (Å²) in [5, 5.41) is 6.11. The lowest BCUT2D eigenvalue weighted by Gasteiger charge is -2.31. The summed E-state index contributed by atoms with van der Waals surface area (Å²) in [4.78, 5) is 25.3. The standard InChI is InChI=1S/C22H25Cl2N3O4S/c1-14-3-6-18(7-4-14)32(30,31)27-11-9-16(10-12-27)22(29)25-15(2)21(28)26-20-8-5-17(23)13-19(20)24/h3-8,13,15-16H,9-12H2,1-2H3,(H,25,29)(H,26,28). The van der Waals surface area contributed by atoms with Crippen molar-refractivity contribution >= 4 is 50.7 Å².